The average Bonchev–Trinajstić information content (AvgIpc) is 2.39. The van der Waals surface area contributed by atoms with Crippen LogP contribution in [0.15, 0.2) is 17.0 Å². The van der Waals surface area contributed by atoms with E-state index < -0.39 is 10.0 Å². The van der Waals surface area contributed by atoms with Crippen LogP contribution in [0.3, 0.4) is 0 Å². The van der Waals surface area contributed by atoms with Crippen molar-refractivity contribution in [3.63, 3.8) is 0 Å². The summed E-state index contributed by atoms with van der Waals surface area (Å²) >= 11 is 1.70. The maximum atomic E-state index is 12.4. The summed E-state index contributed by atoms with van der Waals surface area (Å²) < 4.78 is 27.4. The third kappa shape index (κ3) is 4.48. The third-order valence-corrected chi connectivity index (χ3v) is 5.68. The normalized spacial score (nSPS) is 13.4. The van der Waals surface area contributed by atoms with Crippen LogP contribution in [0.2, 0.25) is 0 Å². The summed E-state index contributed by atoms with van der Waals surface area (Å²) in [6.07, 6.45) is 2.00. The largest absolute Gasteiger partial charge is 0.392 e. The van der Waals surface area contributed by atoms with Gasteiger partial charge < -0.3 is 5.11 Å². The van der Waals surface area contributed by atoms with Crippen molar-refractivity contribution in [3.05, 3.63) is 28.8 Å². The highest BCUT2D eigenvalue weighted by atomic mass is 32.2. The summed E-state index contributed by atoms with van der Waals surface area (Å²) in [5, 5.41) is 9.21. The molecule has 0 amide bonds. The number of thioether (sulfide) groups is 1. The molecule has 1 unspecified atom stereocenters. The molecule has 0 aliphatic heterocycles. The second-order valence-corrected chi connectivity index (χ2v) is 7.75. The fourth-order valence-electron chi connectivity index (χ4n) is 1.94. The second-order valence-electron chi connectivity index (χ2n) is 5.11. The molecule has 0 saturated heterocycles. The van der Waals surface area contributed by atoms with Gasteiger partial charge in [-0.2, -0.15) is 11.8 Å². The molecule has 0 bridgehead atoms. The van der Waals surface area contributed by atoms with Gasteiger partial charge in [-0.3, -0.25) is 0 Å². The van der Waals surface area contributed by atoms with E-state index in [4.69, 9.17) is 0 Å². The number of nitrogens with one attached hydrogen (secondary N) is 1. The minimum atomic E-state index is -3.53. The van der Waals surface area contributed by atoms with Crippen LogP contribution < -0.4 is 4.72 Å². The molecule has 1 aromatic rings. The number of hydrogen-bond donors (Lipinski definition) is 2. The molecule has 0 aliphatic carbocycles. The second kappa shape index (κ2) is 7.45. The molecule has 6 heteroatoms. The molecular formula is C14H23NO3S2. The zero-order valence-electron chi connectivity index (χ0n) is 12.4. The molecule has 0 saturated carbocycles. The molecule has 4 nitrogen and oxygen atoms in total. The van der Waals surface area contributed by atoms with Crippen molar-refractivity contribution >= 4 is 21.8 Å². The fourth-order valence-corrected chi connectivity index (χ4v) is 4.16. The van der Waals surface area contributed by atoms with E-state index in [1.54, 1.807) is 24.8 Å². The summed E-state index contributed by atoms with van der Waals surface area (Å²) in [5.41, 5.74) is 2.21. The monoisotopic (exact) mass is 317 g/mol. The number of rotatable bonds is 7. The van der Waals surface area contributed by atoms with Crippen LogP contribution in [0.4, 0.5) is 0 Å². The van der Waals surface area contributed by atoms with Gasteiger partial charge in [0.25, 0.3) is 0 Å². The van der Waals surface area contributed by atoms with E-state index in [0.717, 1.165) is 16.9 Å². The molecule has 0 fully saturated rings. The molecule has 0 heterocycles. The van der Waals surface area contributed by atoms with Gasteiger partial charge in [0.15, 0.2) is 0 Å². The Morgan fingerprint density at radius 1 is 1.35 bits per heavy atom. The standard InChI is InChI=1S/C14H23NO3S2/c1-10(9-19-4)7-15-20(17,18)14-6-13(8-16)5-11(2)12(14)3/h5-6,10,15-16H,7-9H2,1-4H3. The Morgan fingerprint density at radius 3 is 2.55 bits per heavy atom. The van der Waals surface area contributed by atoms with Crippen molar-refractivity contribution < 1.29 is 13.5 Å². The van der Waals surface area contributed by atoms with Crippen LogP contribution in [-0.4, -0.2) is 32.1 Å². The highest BCUT2D eigenvalue weighted by Gasteiger charge is 2.19. The van der Waals surface area contributed by atoms with E-state index >= 15 is 0 Å². The Bertz CT molecular complexity index is 556. The Morgan fingerprint density at radius 2 is 2.00 bits per heavy atom. The minimum Gasteiger partial charge on any atom is -0.392 e. The van der Waals surface area contributed by atoms with Crippen molar-refractivity contribution in [2.24, 2.45) is 5.92 Å². The number of sulfonamides is 1. The molecule has 1 aromatic carbocycles. The molecule has 2 N–H and O–H groups in total. The van der Waals surface area contributed by atoms with Gasteiger partial charge in [0.2, 0.25) is 10.0 Å². The molecule has 1 atom stereocenters. The highest BCUT2D eigenvalue weighted by Crippen LogP contribution is 2.21. The van der Waals surface area contributed by atoms with E-state index in [9.17, 15) is 13.5 Å². The highest BCUT2D eigenvalue weighted by molar-refractivity contribution is 7.98. The smallest absolute Gasteiger partial charge is 0.240 e. The minimum absolute atomic E-state index is 0.160. The van der Waals surface area contributed by atoms with Gasteiger partial charge in [0.05, 0.1) is 11.5 Å². The maximum Gasteiger partial charge on any atom is 0.240 e. The lowest BCUT2D eigenvalue weighted by Crippen LogP contribution is -2.30. The zero-order valence-corrected chi connectivity index (χ0v) is 14.1. The lowest BCUT2D eigenvalue weighted by molar-refractivity contribution is 0.281. The molecule has 20 heavy (non-hydrogen) atoms. The Kier molecular flexibility index (Phi) is 6.51. The lowest BCUT2D eigenvalue weighted by atomic mass is 10.1. The summed E-state index contributed by atoms with van der Waals surface area (Å²) in [7, 11) is -3.53. The number of aliphatic hydroxyl groups excluding tert-OH is 1. The van der Waals surface area contributed by atoms with Gasteiger partial charge in [-0.1, -0.05) is 13.0 Å². The molecule has 0 aliphatic rings. The fraction of sp³-hybridized carbons (Fsp3) is 0.571. The van der Waals surface area contributed by atoms with Crippen LogP contribution in [-0.2, 0) is 16.6 Å². The van der Waals surface area contributed by atoms with E-state index in [1.165, 1.54) is 0 Å². The quantitative estimate of drug-likeness (QED) is 0.808. The molecule has 0 aromatic heterocycles. The van der Waals surface area contributed by atoms with Crippen LogP contribution in [0.25, 0.3) is 0 Å². The molecule has 1 rings (SSSR count). The number of aliphatic hydroxyl groups is 1. The van der Waals surface area contributed by atoms with Gasteiger partial charge in [-0.25, -0.2) is 13.1 Å². The Labute approximate surface area is 126 Å². The molecule has 114 valence electrons. The first-order chi connectivity index (χ1) is 9.31. The zero-order chi connectivity index (χ0) is 15.3. The molecule has 0 radical (unpaired) electrons. The van der Waals surface area contributed by atoms with Crippen molar-refractivity contribution in [1.29, 1.82) is 0 Å². The van der Waals surface area contributed by atoms with Crippen molar-refractivity contribution in [2.45, 2.75) is 32.3 Å². The van der Waals surface area contributed by atoms with E-state index in [2.05, 4.69) is 4.72 Å². The summed E-state index contributed by atoms with van der Waals surface area (Å²) in [6.45, 7) is 5.92. The summed E-state index contributed by atoms with van der Waals surface area (Å²) in [4.78, 5) is 0.262. The van der Waals surface area contributed by atoms with Crippen LogP contribution >= 0.6 is 11.8 Å². The SMILES string of the molecule is CSCC(C)CNS(=O)(=O)c1cc(CO)cc(C)c1C. The molecular weight excluding hydrogens is 294 g/mol. The molecule has 0 spiro atoms. The Balaban J connectivity index is 3.00. The maximum absolute atomic E-state index is 12.4. The number of hydrogen-bond acceptors (Lipinski definition) is 4. The van der Waals surface area contributed by atoms with Crippen molar-refractivity contribution in [3.8, 4) is 0 Å². The first-order valence-electron chi connectivity index (χ1n) is 6.51. The van der Waals surface area contributed by atoms with Crippen molar-refractivity contribution in [1.82, 2.24) is 4.72 Å². The third-order valence-electron chi connectivity index (χ3n) is 3.22. The average molecular weight is 317 g/mol. The van der Waals surface area contributed by atoms with Crippen LogP contribution in [0.5, 0.6) is 0 Å². The number of benzene rings is 1. The van der Waals surface area contributed by atoms with Crippen LogP contribution in [0, 0.1) is 19.8 Å². The van der Waals surface area contributed by atoms with Gasteiger partial charge in [0, 0.05) is 6.54 Å². The van der Waals surface area contributed by atoms with Crippen molar-refractivity contribution in [2.75, 3.05) is 18.6 Å². The first-order valence-corrected chi connectivity index (χ1v) is 9.39. The van der Waals surface area contributed by atoms with Gasteiger partial charge in [-0.05, 0) is 54.5 Å². The lowest BCUT2D eigenvalue weighted by Gasteiger charge is -2.15. The topological polar surface area (TPSA) is 66.4 Å². The predicted molar refractivity (Wildman–Crippen MR) is 84.6 cm³/mol. The van der Waals surface area contributed by atoms with E-state index in [1.807, 2.05) is 26.2 Å². The first kappa shape index (κ1) is 17.5. The Hall–Kier alpha value is -0.560. The number of aryl methyl sites for hydroxylation is 1. The summed E-state index contributed by atoms with van der Waals surface area (Å²) in [6, 6.07) is 3.36. The summed E-state index contributed by atoms with van der Waals surface area (Å²) in [5.74, 6) is 1.19. The van der Waals surface area contributed by atoms with Gasteiger partial charge in [-0.15, -0.1) is 0 Å². The predicted octanol–water partition coefficient (Wildman–Crippen LogP) is 2.07. The van der Waals surface area contributed by atoms with Gasteiger partial charge >= 0.3 is 0 Å². The van der Waals surface area contributed by atoms with E-state index in [0.29, 0.717) is 12.1 Å². The van der Waals surface area contributed by atoms with E-state index in [-0.39, 0.29) is 17.4 Å². The van der Waals surface area contributed by atoms with Gasteiger partial charge in [0.1, 0.15) is 0 Å². The van der Waals surface area contributed by atoms with Crippen LogP contribution in [0.1, 0.15) is 23.6 Å².